The molecule has 1 nitrogen and oxygen atoms in total. The Balaban J connectivity index is 1.83. The monoisotopic (exact) mass is 320 g/mol. The van der Waals surface area contributed by atoms with Crippen LogP contribution in [0.5, 0.6) is 0 Å². The lowest BCUT2D eigenvalue weighted by Gasteiger charge is -2.36. The minimum Gasteiger partial charge on any atom is -0.389 e. The summed E-state index contributed by atoms with van der Waals surface area (Å²) in [6.45, 7) is 0. The summed E-state index contributed by atoms with van der Waals surface area (Å²) < 4.78 is 51.6. The Bertz CT molecular complexity index is 531. The van der Waals surface area contributed by atoms with Gasteiger partial charge in [-0.2, -0.15) is 24.9 Å². The van der Waals surface area contributed by atoms with Crippen molar-refractivity contribution in [3.63, 3.8) is 0 Å². The number of hydrogen-bond acceptors (Lipinski definition) is 2. The molecule has 0 saturated carbocycles. The fourth-order valence-electron chi connectivity index (χ4n) is 3.45. The normalized spacial score (nSPS) is 32.4. The second-order valence-corrected chi connectivity index (χ2v) is 7.72. The summed E-state index contributed by atoms with van der Waals surface area (Å²) in [5, 5.41) is 11.4. The predicted molar refractivity (Wildman–Crippen MR) is 73.7 cm³/mol. The molecule has 116 valence electrons. The van der Waals surface area contributed by atoms with Crippen LogP contribution in [-0.4, -0.2) is 21.2 Å². The van der Waals surface area contributed by atoms with E-state index < -0.39 is 23.2 Å². The summed E-state index contributed by atoms with van der Waals surface area (Å²) in [6, 6.07) is 2.54. The molecule has 0 spiro atoms. The summed E-state index contributed by atoms with van der Waals surface area (Å²) in [5.74, 6) is -0.906. The molecule has 2 heterocycles. The highest BCUT2D eigenvalue weighted by Crippen LogP contribution is 2.48. The third-order valence-electron chi connectivity index (χ3n) is 4.23. The fourth-order valence-corrected chi connectivity index (χ4v) is 5.35. The predicted octanol–water partition coefficient (Wildman–Crippen LogP) is 4.18. The quantitative estimate of drug-likeness (QED) is 0.825. The molecule has 2 fully saturated rings. The molecule has 2 bridgehead atoms. The van der Waals surface area contributed by atoms with Gasteiger partial charge in [0.2, 0.25) is 0 Å². The molecule has 0 aliphatic carbocycles. The summed E-state index contributed by atoms with van der Waals surface area (Å²) >= 11 is 1.86. The van der Waals surface area contributed by atoms with Gasteiger partial charge in [-0.1, -0.05) is 0 Å². The van der Waals surface area contributed by atoms with Crippen LogP contribution < -0.4 is 0 Å². The number of alkyl halides is 3. The second-order valence-electron chi connectivity index (χ2n) is 6.11. The van der Waals surface area contributed by atoms with E-state index in [-0.39, 0.29) is 12.0 Å². The average molecular weight is 320 g/mol. The van der Waals surface area contributed by atoms with Crippen molar-refractivity contribution < 1.29 is 22.7 Å². The lowest BCUT2D eigenvalue weighted by Crippen LogP contribution is -2.39. The van der Waals surface area contributed by atoms with Crippen molar-refractivity contribution in [3.05, 3.63) is 35.1 Å². The van der Waals surface area contributed by atoms with Crippen molar-refractivity contribution in [1.82, 2.24) is 0 Å². The van der Waals surface area contributed by atoms with E-state index in [2.05, 4.69) is 0 Å². The van der Waals surface area contributed by atoms with Crippen LogP contribution in [0, 0.1) is 5.82 Å². The number of hydrogen-bond donors (Lipinski definition) is 1. The molecule has 0 radical (unpaired) electrons. The van der Waals surface area contributed by atoms with Gasteiger partial charge in [-0.15, -0.1) is 0 Å². The van der Waals surface area contributed by atoms with Crippen LogP contribution in [0.3, 0.4) is 0 Å². The molecule has 2 aliphatic heterocycles. The maximum absolute atomic E-state index is 13.4. The van der Waals surface area contributed by atoms with Crippen molar-refractivity contribution in [1.29, 1.82) is 0 Å². The van der Waals surface area contributed by atoms with Crippen LogP contribution in [-0.2, 0) is 12.6 Å². The molecular weight excluding hydrogens is 304 g/mol. The standard InChI is InChI=1S/C15H16F4OS/c16-11-4-9(3-10(5-11)15(17,18)19)6-14(20)7-12-1-2-13(8-14)21-12/h3-5,12-13,20H,1-2,6-8H2. The van der Waals surface area contributed by atoms with E-state index in [9.17, 15) is 22.7 Å². The van der Waals surface area contributed by atoms with Crippen molar-refractivity contribution in [3.8, 4) is 0 Å². The number of aliphatic hydroxyl groups is 1. The maximum atomic E-state index is 13.4. The molecule has 1 aromatic carbocycles. The fraction of sp³-hybridized carbons (Fsp3) is 0.600. The van der Waals surface area contributed by atoms with Gasteiger partial charge >= 0.3 is 6.18 Å². The Morgan fingerprint density at radius 3 is 2.33 bits per heavy atom. The zero-order valence-corrected chi connectivity index (χ0v) is 12.1. The van der Waals surface area contributed by atoms with Gasteiger partial charge in [-0.05, 0) is 49.4 Å². The van der Waals surface area contributed by atoms with Gasteiger partial charge in [-0.25, -0.2) is 4.39 Å². The van der Waals surface area contributed by atoms with Crippen LogP contribution in [0.25, 0.3) is 0 Å². The first kappa shape index (κ1) is 15.2. The zero-order chi connectivity index (χ0) is 15.3. The Morgan fingerprint density at radius 2 is 1.76 bits per heavy atom. The topological polar surface area (TPSA) is 20.2 Å². The van der Waals surface area contributed by atoms with E-state index in [1.165, 1.54) is 0 Å². The van der Waals surface area contributed by atoms with E-state index in [0.717, 1.165) is 25.0 Å². The number of thioether (sulfide) groups is 1. The van der Waals surface area contributed by atoms with Crippen LogP contribution in [0.4, 0.5) is 17.6 Å². The van der Waals surface area contributed by atoms with E-state index in [0.29, 0.717) is 29.4 Å². The minimum absolute atomic E-state index is 0.0847. The average Bonchev–Trinajstić information content (AvgIpc) is 2.67. The third-order valence-corrected chi connectivity index (χ3v) is 5.80. The van der Waals surface area contributed by atoms with Crippen molar-refractivity contribution in [2.45, 2.75) is 54.4 Å². The van der Waals surface area contributed by atoms with Crippen LogP contribution in [0.15, 0.2) is 18.2 Å². The summed E-state index contributed by atoms with van der Waals surface area (Å²) in [4.78, 5) is 0. The van der Waals surface area contributed by atoms with Crippen molar-refractivity contribution in [2.24, 2.45) is 0 Å². The largest absolute Gasteiger partial charge is 0.416 e. The highest BCUT2D eigenvalue weighted by atomic mass is 32.2. The Hall–Kier alpha value is -0.750. The Kier molecular flexibility index (Phi) is 3.72. The van der Waals surface area contributed by atoms with Gasteiger partial charge in [0, 0.05) is 16.9 Å². The molecule has 6 heteroatoms. The molecule has 0 aromatic heterocycles. The molecular formula is C15H16F4OS. The van der Waals surface area contributed by atoms with E-state index >= 15 is 0 Å². The molecule has 21 heavy (non-hydrogen) atoms. The van der Waals surface area contributed by atoms with Gasteiger partial charge in [0.1, 0.15) is 5.82 Å². The first-order chi connectivity index (χ1) is 9.73. The molecule has 2 unspecified atom stereocenters. The number of benzene rings is 1. The summed E-state index contributed by atoms with van der Waals surface area (Å²) in [7, 11) is 0. The smallest absolute Gasteiger partial charge is 0.389 e. The highest BCUT2D eigenvalue weighted by molar-refractivity contribution is 8.00. The lowest BCUT2D eigenvalue weighted by atomic mass is 9.86. The molecule has 1 aromatic rings. The molecule has 2 aliphatic rings. The number of halogens is 4. The van der Waals surface area contributed by atoms with Crippen LogP contribution >= 0.6 is 11.8 Å². The summed E-state index contributed by atoms with van der Waals surface area (Å²) in [6.07, 6.45) is -1.23. The Morgan fingerprint density at radius 1 is 1.14 bits per heavy atom. The van der Waals surface area contributed by atoms with Gasteiger partial charge in [0.25, 0.3) is 0 Å². The third kappa shape index (κ3) is 3.37. The second kappa shape index (κ2) is 5.16. The zero-order valence-electron chi connectivity index (χ0n) is 11.3. The summed E-state index contributed by atoms with van der Waals surface area (Å²) in [5.41, 5.74) is -1.78. The van der Waals surface area contributed by atoms with E-state index in [1.54, 1.807) is 0 Å². The molecule has 0 amide bonds. The highest BCUT2D eigenvalue weighted by Gasteiger charge is 2.43. The minimum atomic E-state index is -4.57. The van der Waals surface area contributed by atoms with Gasteiger partial charge < -0.3 is 5.11 Å². The Labute approximate surface area is 124 Å². The SMILES string of the molecule is OC1(Cc2cc(F)cc(C(F)(F)F)c2)CC2CCC(C1)S2. The van der Waals surface area contributed by atoms with Gasteiger partial charge in [0.15, 0.2) is 0 Å². The van der Waals surface area contributed by atoms with Gasteiger partial charge in [0.05, 0.1) is 11.2 Å². The van der Waals surface area contributed by atoms with Crippen molar-refractivity contribution in [2.75, 3.05) is 0 Å². The van der Waals surface area contributed by atoms with Crippen molar-refractivity contribution >= 4 is 11.8 Å². The number of fused-ring (bicyclic) bond motifs is 2. The molecule has 2 atom stereocenters. The first-order valence-corrected chi connectivity index (χ1v) is 7.92. The van der Waals surface area contributed by atoms with E-state index in [1.807, 2.05) is 11.8 Å². The molecule has 3 rings (SSSR count). The van der Waals surface area contributed by atoms with Gasteiger partial charge in [-0.3, -0.25) is 0 Å². The van der Waals surface area contributed by atoms with Crippen LogP contribution in [0.1, 0.15) is 36.8 Å². The lowest BCUT2D eigenvalue weighted by molar-refractivity contribution is -0.137. The maximum Gasteiger partial charge on any atom is 0.416 e. The van der Waals surface area contributed by atoms with E-state index in [4.69, 9.17) is 0 Å². The van der Waals surface area contributed by atoms with Crippen LogP contribution in [0.2, 0.25) is 0 Å². The molecule has 1 N–H and O–H groups in total. The number of rotatable bonds is 2. The molecule has 2 saturated heterocycles. The first-order valence-electron chi connectivity index (χ1n) is 6.98.